The van der Waals surface area contributed by atoms with Gasteiger partial charge < -0.3 is 10.2 Å². The molecule has 19 heavy (non-hydrogen) atoms. The van der Waals surface area contributed by atoms with Crippen LogP contribution in [0.2, 0.25) is 0 Å². The molecule has 7 heteroatoms. The molecule has 0 fully saturated rings. The van der Waals surface area contributed by atoms with Gasteiger partial charge in [0.1, 0.15) is 4.90 Å². The lowest BCUT2D eigenvalue weighted by atomic mass is 10.3. The van der Waals surface area contributed by atoms with Crippen molar-refractivity contribution < 1.29 is 8.42 Å². The maximum atomic E-state index is 12.2. The van der Waals surface area contributed by atoms with E-state index in [1.54, 1.807) is 12.3 Å². The highest BCUT2D eigenvalue weighted by atomic mass is 32.2. The highest BCUT2D eigenvalue weighted by molar-refractivity contribution is 7.89. The number of hydrogen-bond donors (Lipinski definition) is 2. The normalized spacial score (nSPS) is 13.5. The van der Waals surface area contributed by atoms with Gasteiger partial charge in [-0.3, -0.25) is 4.98 Å². The van der Waals surface area contributed by atoms with E-state index >= 15 is 0 Å². The molecule has 1 aromatic rings. The Labute approximate surface area is 115 Å². The summed E-state index contributed by atoms with van der Waals surface area (Å²) in [6, 6.07) is 1.78. The van der Waals surface area contributed by atoms with E-state index in [0.717, 1.165) is 0 Å². The third-order valence-electron chi connectivity index (χ3n) is 2.89. The molecule has 1 atom stereocenters. The minimum Gasteiger partial charge on any atom is -0.384 e. The second-order valence-corrected chi connectivity index (χ2v) is 6.30. The van der Waals surface area contributed by atoms with E-state index in [1.165, 1.54) is 6.20 Å². The molecule has 1 rings (SSSR count). The van der Waals surface area contributed by atoms with Gasteiger partial charge in [0.15, 0.2) is 0 Å². The van der Waals surface area contributed by atoms with Gasteiger partial charge in [-0.15, -0.1) is 0 Å². The van der Waals surface area contributed by atoms with Crippen LogP contribution in [-0.2, 0) is 10.0 Å². The second kappa shape index (κ2) is 6.83. The SMILES string of the molecule is CCNc1ccncc1S(=O)(=O)NCC(C)N(C)C. The summed E-state index contributed by atoms with van der Waals surface area (Å²) in [4.78, 5) is 6.02. The molecule has 1 unspecified atom stereocenters. The van der Waals surface area contributed by atoms with Crippen molar-refractivity contribution in [3.63, 3.8) is 0 Å². The Morgan fingerprint density at radius 1 is 1.42 bits per heavy atom. The maximum absolute atomic E-state index is 12.2. The highest BCUT2D eigenvalue weighted by Crippen LogP contribution is 2.18. The number of nitrogens with zero attached hydrogens (tertiary/aromatic N) is 2. The predicted octanol–water partition coefficient (Wildman–Crippen LogP) is 0.742. The van der Waals surface area contributed by atoms with Gasteiger partial charge >= 0.3 is 0 Å². The molecule has 0 amide bonds. The van der Waals surface area contributed by atoms with Crippen molar-refractivity contribution in [3.8, 4) is 0 Å². The van der Waals surface area contributed by atoms with Crippen LogP contribution in [0, 0.1) is 0 Å². The van der Waals surface area contributed by atoms with Crippen LogP contribution in [0.3, 0.4) is 0 Å². The molecule has 6 nitrogen and oxygen atoms in total. The largest absolute Gasteiger partial charge is 0.384 e. The zero-order valence-corrected chi connectivity index (χ0v) is 12.7. The monoisotopic (exact) mass is 286 g/mol. The summed E-state index contributed by atoms with van der Waals surface area (Å²) in [5.41, 5.74) is 0.572. The van der Waals surface area contributed by atoms with Crippen molar-refractivity contribution in [1.82, 2.24) is 14.6 Å². The molecule has 0 saturated heterocycles. The van der Waals surface area contributed by atoms with E-state index in [1.807, 2.05) is 32.8 Å². The summed E-state index contributed by atoms with van der Waals surface area (Å²) in [5, 5.41) is 3.02. The number of likely N-dealkylation sites (N-methyl/N-ethyl adjacent to an activating group) is 1. The third kappa shape index (κ3) is 4.45. The van der Waals surface area contributed by atoms with Crippen LogP contribution in [0.15, 0.2) is 23.4 Å². The van der Waals surface area contributed by atoms with Gasteiger partial charge in [0.25, 0.3) is 0 Å². The molecule has 0 aliphatic heterocycles. The lowest BCUT2D eigenvalue weighted by Gasteiger charge is -2.20. The number of rotatable bonds is 7. The summed E-state index contributed by atoms with van der Waals surface area (Å²) in [7, 11) is 0.276. The Kier molecular flexibility index (Phi) is 5.71. The average molecular weight is 286 g/mol. The summed E-state index contributed by atoms with van der Waals surface area (Å²) >= 11 is 0. The fourth-order valence-corrected chi connectivity index (χ4v) is 2.67. The molecule has 0 saturated carbocycles. The molecule has 1 aromatic heterocycles. The Hall–Kier alpha value is -1.18. The van der Waals surface area contributed by atoms with Crippen molar-refractivity contribution in [2.45, 2.75) is 24.8 Å². The van der Waals surface area contributed by atoms with Gasteiger partial charge in [-0.05, 0) is 34.0 Å². The van der Waals surface area contributed by atoms with Crippen molar-refractivity contribution >= 4 is 15.7 Å². The quantitative estimate of drug-likeness (QED) is 0.773. The number of pyridine rings is 1. The fraction of sp³-hybridized carbons (Fsp3) is 0.583. The molecule has 0 aromatic carbocycles. The first-order chi connectivity index (χ1) is 8.88. The number of aromatic nitrogens is 1. The Morgan fingerprint density at radius 3 is 2.68 bits per heavy atom. The molecular weight excluding hydrogens is 264 g/mol. The fourth-order valence-electron chi connectivity index (χ4n) is 1.42. The van der Waals surface area contributed by atoms with Crippen LogP contribution in [0.1, 0.15) is 13.8 Å². The van der Waals surface area contributed by atoms with E-state index in [4.69, 9.17) is 0 Å². The van der Waals surface area contributed by atoms with Crippen molar-refractivity contribution in [2.24, 2.45) is 0 Å². The Morgan fingerprint density at radius 2 is 2.11 bits per heavy atom. The summed E-state index contributed by atoms with van der Waals surface area (Å²) in [6.45, 7) is 4.88. The van der Waals surface area contributed by atoms with Crippen LogP contribution >= 0.6 is 0 Å². The van der Waals surface area contributed by atoms with Crippen LogP contribution in [0.25, 0.3) is 0 Å². The maximum Gasteiger partial charge on any atom is 0.244 e. The summed E-state index contributed by atoms with van der Waals surface area (Å²) in [6.07, 6.45) is 2.93. The first kappa shape index (κ1) is 15.9. The number of hydrogen-bond acceptors (Lipinski definition) is 5. The molecule has 108 valence electrons. The van der Waals surface area contributed by atoms with E-state index in [9.17, 15) is 8.42 Å². The second-order valence-electron chi connectivity index (χ2n) is 4.57. The predicted molar refractivity (Wildman–Crippen MR) is 76.7 cm³/mol. The van der Waals surface area contributed by atoms with Gasteiger partial charge in [-0.1, -0.05) is 0 Å². The average Bonchev–Trinajstić information content (AvgIpc) is 2.37. The van der Waals surface area contributed by atoms with Gasteiger partial charge in [0.2, 0.25) is 10.0 Å². The minimum atomic E-state index is -3.54. The van der Waals surface area contributed by atoms with Crippen molar-refractivity contribution in [2.75, 3.05) is 32.5 Å². The van der Waals surface area contributed by atoms with Gasteiger partial charge in [-0.2, -0.15) is 0 Å². The highest BCUT2D eigenvalue weighted by Gasteiger charge is 2.19. The smallest absolute Gasteiger partial charge is 0.244 e. The van der Waals surface area contributed by atoms with E-state index in [2.05, 4.69) is 15.0 Å². The number of anilines is 1. The van der Waals surface area contributed by atoms with E-state index in [-0.39, 0.29) is 10.9 Å². The lowest BCUT2D eigenvalue weighted by Crippen LogP contribution is -2.38. The minimum absolute atomic E-state index is 0.119. The Bertz CT molecular complexity index is 502. The van der Waals surface area contributed by atoms with Gasteiger partial charge in [-0.25, -0.2) is 13.1 Å². The number of nitrogens with one attached hydrogen (secondary N) is 2. The van der Waals surface area contributed by atoms with Gasteiger partial charge in [0, 0.05) is 31.5 Å². The molecule has 0 radical (unpaired) electrons. The van der Waals surface area contributed by atoms with Crippen LogP contribution < -0.4 is 10.0 Å². The summed E-state index contributed by atoms with van der Waals surface area (Å²) < 4.78 is 27.1. The molecular formula is C12H22N4O2S. The first-order valence-corrected chi connectivity index (χ1v) is 7.70. The molecule has 0 aliphatic carbocycles. The van der Waals surface area contributed by atoms with E-state index in [0.29, 0.717) is 18.8 Å². The first-order valence-electron chi connectivity index (χ1n) is 6.22. The topological polar surface area (TPSA) is 74.3 Å². The van der Waals surface area contributed by atoms with Crippen LogP contribution in [-0.4, -0.2) is 51.5 Å². The summed E-state index contributed by atoms with van der Waals surface area (Å²) in [5.74, 6) is 0. The molecule has 0 aliphatic rings. The molecule has 2 N–H and O–H groups in total. The van der Waals surface area contributed by atoms with E-state index < -0.39 is 10.0 Å². The number of sulfonamides is 1. The lowest BCUT2D eigenvalue weighted by molar-refractivity contribution is 0.314. The van der Waals surface area contributed by atoms with Gasteiger partial charge in [0.05, 0.1) is 5.69 Å². The zero-order valence-electron chi connectivity index (χ0n) is 11.8. The molecule has 1 heterocycles. The third-order valence-corrected chi connectivity index (χ3v) is 4.34. The Balaban J connectivity index is 2.88. The van der Waals surface area contributed by atoms with Crippen LogP contribution in [0.4, 0.5) is 5.69 Å². The van der Waals surface area contributed by atoms with Crippen LogP contribution in [0.5, 0.6) is 0 Å². The zero-order chi connectivity index (χ0) is 14.5. The van der Waals surface area contributed by atoms with Crippen molar-refractivity contribution in [3.05, 3.63) is 18.5 Å². The van der Waals surface area contributed by atoms with Crippen molar-refractivity contribution in [1.29, 1.82) is 0 Å². The standard InChI is InChI=1S/C12H22N4O2S/c1-5-14-11-6-7-13-9-12(11)19(17,18)15-8-10(2)16(3)4/h6-7,9-10,15H,5,8H2,1-4H3,(H,13,14). The molecule has 0 spiro atoms. The molecule has 0 bridgehead atoms.